The first-order valence-corrected chi connectivity index (χ1v) is 5.93. The van der Waals surface area contributed by atoms with E-state index in [0.717, 1.165) is 0 Å². The summed E-state index contributed by atoms with van der Waals surface area (Å²) in [5.41, 5.74) is 0.748. The maximum atomic E-state index is 12.9. The zero-order chi connectivity index (χ0) is 15.4. The summed E-state index contributed by atoms with van der Waals surface area (Å²) >= 11 is 0. The summed E-state index contributed by atoms with van der Waals surface area (Å²) in [6.45, 7) is 0. The van der Waals surface area contributed by atoms with Gasteiger partial charge in [-0.15, -0.1) is 0 Å². The van der Waals surface area contributed by atoms with E-state index in [1.807, 2.05) is 0 Å². The van der Waals surface area contributed by atoms with Crippen LogP contribution in [-0.4, -0.2) is 30.1 Å². The van der Waals surface area contributed by atoms with Crippen molar-refractivity contribution in [1.82, 2.24) is 4.98 Å². The molecule has 0 amide bonds. The highest BCUT2D eigenvalue weighted by Gasteiger charge is 2.28. The Morgan fingerprint density at radius 3 is 2.38 bits per heavy atom. The molecule has 2 aromatic rings. The molecule has 0 aliphatic heterocycles. The van der Waals surface area contributed by atoms with Crippen LogP contribution in [0.4, 0.5) is 10.1 Å². The number of carbonyl (C=O) groups is 1. The lowest BCUT2D eigenvalue weighted by Gasteiger charge is -2.04. The lowest BCUT2D eigenvalue weighted by atomic mass is 10.1. The Balaban J connectivity index is 2.53. The molecule has 0 fully saturated rings. The summed E-state index contributed by atoms with van der Waals surface area (Å²) in [4.78, 5) is 32.0. The maximum Gasteiger partial charge on any atom is 0.364 e. The number of methoxy groups -OCH3 is 1. The highest BCUT2D eigenvalue weighted by Crippen LogP contribution is 2.24. The number of carbonyl (C=O) groups excluding carboxylic acids is 1. The molecule has 0 aliphatic carbocycles. The van der Waals surface area contributed by atoms with Gasteiger partial charge in [0.25, 0.3) is 4.92 Å². The predicted molar refractivity (Wildman–Crippen MR) is 71.3 cm³/mol. The largest absolute Gasteiger partial charge is 0.464 e. The van der Waals surface area contributed by atoms with Crippen LogP contribution in [0, 0.1) is 10.7 Å². The first-order chi connectivity index (χ1) is 10.1. The van der Waals surface area contributed by atoms with Crippen molar-refractivity contribution in [2.75, 3.05) is 14.2 Å². The third-order valence-electron chi connectivity index (χ3n) is 2.76. The zero-order valence-electron chi connectivity index (χ0n) is 11.4. The van der Waals surface area contributed by atoms with E-state index in [4.69, 9.17) is 0 Å². The number of hydrogen-bond acceptors (Lipinski definition) is 5. The molecule has 0 N–H and O–H groups in total. The average molecular weight is 291 g/mol. The minimum Gasteiger partial charge on any atom is -0.464 e. The number of ether oxygens (including phenoxy) is 1. The Bertz CT molecular complexity index is 686. The molecule has 6 nitrogen and oxygen atoms in total. The molecule has 7 heteroatoms. The number of benzene rings is 1. The van der Waals surface area contributed by atoms with E-state index in [1.165, 1.54) is 50.6 Å². The Labute approximate surface area is 119 Å². The summed E-state index contributed by atoms with van der Waals surface area (Å²) in [7, 11) is 2.35. The molecule has 21 heavy (non-hydrogen) atoms. The minimum absolute atomic E-state index is 0.0739. The number of rotatable bonds is 4. The van der Waals surface area contributed by atoms with Crippen molar-refractivity contribution in [3.05, 3.63) is 52.8 Å². The number of pyridine rings is 1. The van der Waals surface area contributed by atoms with Crippen LogP contribution in [0.3, 0.4) is 0 Å². The fourth-order valence-corrected chi connectivity index (χ4v) is 1.73. The number of halogens is 1. The van der Waals surface area contributed by atoms with E-state index in [0.29, 0.717) is 11.3 Å². The Morgan fingerprint density at radius 1 is 1.14 bits per heavy atom. The zero-order valence-corrected chi connectivity index (χ0v) is 11.4. The molecule has 2 rings (SSSR count). The molecule has 1 aromatic heterocycles. The van der Waals surface area contributed by atoms with Gasteiger partial charge in [0, 0.05) is 11.6 Å². The van der Waals surface area contributed by atoms with Crippen LogP contribution in [0.5, 0.6) is 0 Å². The van der Waals surface area contributed by atoms with Crippen LogP contribution in [0.25, 0.3) is 11.3 Å². The molecule has 0 spiro atoms. The van der Waals surface area contributed by atoms with Gasteiger partial charge in [0.2, 0.25) is 5.69 Å². The van der Waals surface area contributed by atoms with Crippen LogP contribution in [0.2, 0.25) is 0 Å². The molecule has 0 radical (unpaired) electrons. The van der Waals surface area contributed by atoms with Crippen molar-refractivity contribution < 1.29 is 23.7 Å². The normalized spacial score (nSPS) is 10.0. The Morgan fingerprint density at radius 2 is 1.81 bits per heavy atom. The second-order valence-corrected chi connectivity index (χ2v) is 4.00. The summed E-state index contributed by atoms with van der Waals surface area (Å²) in [6.07, 6.45) is 0. The van der Waals surface area contributed by atoms with Crippen LogP contribution in [0.15, 0.2) is 36.4 Å². The highest BCUT2D eigenvalue weighted by atomic mass is 19.1. The highest BCUT2D eigenvalue weighted by molar-refractivity contribution is 5.92. The van der Waals surface area contributed by atoms with Gasteiger partial charge < -0.3 is 4.74 Å². The molecule has 1 aromatic carbocycles. The number of esters is 1. The standard InChI is InChI=1S/C14H12FN2O4/c1-20-14(18)13-12(17(19)21-2)8-7-11(16-13)9-3-5-10(15)6-4-9/h3-8H,1-2H3/q+1. The summed E-state index contributed by atoms with van der Waals surface area (Å²) in [5.74, 6) is -1.15. The SMILES string of the molecule is COC(=O)c1nc(-c2ccc(F)cc2)ccc1[N+](=O)OC. The van der Waals surface area contributed by atoms with Crippen LogP contribution >= 0.6 is 0 Å². The Kier molecular flexibility index (Phi) is 4.22. The first kappa shape index (κ1) is 14.6. The third-order valence-corrected chi connectivity index (χ3v) is 2.76. The smallest absolute Gasteiger partial charge is 0.364 e. The second-order valence-electron chi connectivity index (χ2n) is 4.00. The number of hydrogen-bond donors (Lipinski definition) is 0. The van der Waals surface area contributed by atoms with Crippen LogP contribution in [0.1, 0.15) is 10.5 Å². The Hall–Kier alpha value is -2.83. The first-order valence-electron chi connectivity index (χ1n) is 5.93. The van der Waals surface area contributed by atoms with Gasteiger partial charge in [-0.1, -0.05) is 0 Å². The van der Waals surface area contributed by atoms with Gasteiger partial charge in [-0.25, -0.2) is 19.0 Å². The number of aromatic nitrogens is 1. The summed E-state index contributed by atoms with van der Waals surface area (Å²) < 4.78 is 17.5. The molecule has 0 aliphatic rings. The topological polar surface area (TPSA) is 68.5 Å². The average Bonchev–Trinajstić information content (AvgIpc) is 2.53. The maximum absolute atomic E-state index is 12.9. The lowest BCUT2D eigenvalue weighted by Crippen LogP contribution is -2.11. The summed E-state index contributed by atoms with van der Waals surface area (Å²) in [5, 5.41) is 0. The second kappa shape index (κ2) is 6.08. The quantitative estimate of drug-likeness (QED) is 0.640. The summed E-state index contributed by atoms with van der Waals surface area (Å²) in [6, 6.07) is 8.50. The van der Waals surface area contributed by atoms with Crippen LogP contribution in [-0.2, 0) is 9.57 Å². The van der Waals surface area contributed by atoms with Crippen molar-refractivity contribution in [2.24, 2.45) is 0 Å². The molecule has 0 saturated carbocycles. The molecule has 0 unspecified atom stereocenters. The molecular weight excluding hydrogens is 279 g/mol. The third kappa shape index (κ3) is 3.02. The molecule has 0 atom stereocenters. The van der Waals surface area contributed by atoms with Gasteiger partial charge in [0.15, 0.2) is 7.11 Å². The molecule has 0 saturated heterocycles. The molecule has 0 bridgehead atoms. The van der Waals surface area contributed by atoms with Gasteiger partial charge in [-0.2, -0.15) is 0 Å². The van der Waals surface area contributed by atoms with Gasteiger partial charge in [-0.3, -0.25) is 0 Å². The van der Waals surface area contributed by atoms with E-state index in [2.05, 4.69) is 14.6 Å². The van der Waals surface area contributed by atoms with E-state index < -0.39 is 5.97 Å². The van der Waals surface area contributed by atoms with Gasteiger partial charge in [-0.05, 0) is 30.3 Å². The van der Waals surface area contributed by atoms with Crippen molar-refractivity contribution in [3.8, 4) is 11.3 Å². The minimum atomic E-state index is -0.771. The van der Waals surface area contributed by atoms with Crippen LogP contribution < -0.4 is 0 Å². The predicted octanol–water partition coefficient (Wildman–Crippen LogP) is 2.65. The van der Waals surface area contributed by atoms with E-state index in [-0.39, 0.29) is 22.1 Å². The number of nitrogens with zero attached hydrogens (tertiary/aromatic N) is 2. The van der Waals surface area contributed by atoms with Gasteiger partial charge >= 0.3 is 11.7 Å². The van der Waals surface area contributed by atoms with E-state index >= 15 is 0 Å². The van der Waals surface area contributed by atoms with Crippen molar-refractivity contribution in [1.29, 1.82) is 0 Å². The molecule has 108 valence electrons. The van der Waals surface area contributed by atoms with Gasteiger partial charge in [0.1, 0.15) is 5.82 Å². The van der Waals surface area contributed by atoms with Crippen molar-refractivity contribution in [3.63, 3.8) is 0 Å². The molecular formula is C14H12FN2O4+. The van der Waals surface area contributed by atoms with Crippen molar-refractivity contribution >= 4 is 11.7 Å². The fraction of sp³-hybridized carbons (Fsp3) is 0.143. The van der Waals surface area contributed by atoms with Crippen molar-refractivity contribution in [2.45, 2.75) is 0 Å². The van der Waals surface area contributed by atoms with Gasteiger partial charge in [0.05, 0.1) is 17.7 Å². The molecule has 1 heterocycles. The van der Waals surface area contributed by atoms with E-state index in [1.54, 1.807) is 0 Å². The van der Waals surface area contributed by atoms with E-state index in [9.17, 15) is 14.1 Å². The monoisotopic (exact) mass is 291 g/mol. The fourth-order valence-electron chi connectivity index (χ4n) is 1.73. The lowest BCUT2D eigenvalue weighted by molar-refractivity contribution is -0.736.